The Hall–Kier alpha value is -4.29. The quantitative estimate of drug-likeness (QED) is 0.556. The van der Waals surface area contributed by atoms with Crippen LogP contribution < -0.4 is 30.0 Å². The maximum atomic E-state index is 13.4. The molecule has 2 aromatic carbocycles. The molecule has 9 heteroatoms. The van der Waals surface area contributed by atoms with Gasteiger partial charge in [-0.3, -0.25) is 9.36 Å². The predicted octanol–water partition coefficient (Wildman–Crippen LogP) is 1.53. The molecule has 1 aromatic heterocycles. The van der Waals surface area contributed by atoms with Crippen LogP contribution in [0.15, 0.2) is 58.9 Å². The molecule has 0 fully saturated rings. The lowest BCUT2D eigenvalue weighted by Crippen LogP contribution is -2.40. The Labute approximate surface area is 199 Å². The lowest BCUT2D eigenvalue weighted by atomic mass is 9.83. The number of hydrogen-bond donors (Lipinski definition) is 1. The number of aromatic nitrogens is 1. The summed E-state index contributed by atoms with van der Waals surface area (Å²) in [7, 11) is 4.29. The highest BCUT2D eigenvalue weighted by molar-refractivity contribution is 7.07. The van der Waals surface area contributed by atoms with E-state index in [9.17, 15) is 14.9 Å². The van der Waals surface area contributed by atoms with E-state index in [-0.39, 0.29) is 17.0 Å². The fraction of sp³-hybridized carbons (Fsp3) is 0.160. The summed E-state index contributed by atoms with van der Waals surface area (Å²) in [5.74, 6) is -0.520. The number of thiazole rings is 1. The zero-order valence-electron chi connectivity index (χ0n) is 18.7. The van der Waals surface area contributed by atoms with Crippen molar-refractivity contribution in [1.29, 1.82) is 5.26 Å². The van der Waals surface area contributed by atoms with Gasteiger partial charge >= 0.3 is 5.97 Å². The number of carbonyl (C=O) groups is 1. The molecular formula is C25H21N3O5S. The van der Waals surface area contributed by atoms with Crippen LogP contribution in [0, 0.1) is 11.3 Å². The molecule has 2 heterocycles. The van der Waals surface area contributed by atoms with Crippen molar-refractivity contribution in [1.82, 2.24) is 4.57 Å². The van der Waals surface area contributed by atoms with Gasteiger partial charge in [0.1, 0.15) is 22.0 Å². The molecule has 2 N–H and O–H groups in total. The largest absolute Gasteiger partial charge is 0.496 e. The third-order valence-corrected chi connectivity index (χ3v) is 6.66. The van der Waals surface area contributed by atoms with Gasteiger partial charge in [0.15, 0.2) is 0 Å². The lowest BCUT2D eigenvalue weighted by molar-refractivity contribution is -0.134. The van der Waals surface area contributed by atoms with Gasteiger partial charge in [0, 0.05) is 11.1 Å². The minimum absolute atomic E-state index is 0.0398. The molecule has 0 spiro atoms. The van der Waals surface area contributed by atoms with E-state index in [0.717, 1.165) is 11.3 Å². The fourth-order valence-corrected chi connectivity index (χ4v) is 5.15. The number of esters is 1. The van der Waals surface area contributed by atoms with E-state index in [1.54, 1.807) is 43.5 Å². The molecule has 172 valence electrons. The molecule has 0 aliphatic carbocycles. The van der Waals surface area contributed by atoms with Gasteiger partial charge in [-0.05, 0) is 18.2 Å². The molecule has 0 unspecified atom stereocenters. The third-order valence-electron chi connectivity index (χ3n) is 5.55. The molecule has 0 amide bonds. The van der Waals surface area contributed by atoms with Crippen LogP contribution in [0.4, 0.5) is 0 Å². The number of allylic oxidation sites excluding steroid dienone is 1. The van der Waals surface area contributed by atoms with Gasteiger partial charge in [0.05, 0.1) is 49.0 Å². The fourth-order valence-electron chi connectivity index (χ4n) is 4.00. The number of methoxy groups -OCH3 is 3. The van der Waals surface area contributed by atoms with Crippen molar-refractivity contribution in [2.24, 2.45) is 5.73 Å². The average molecular weight is 476 g/mol. The highest BCUT2D eigenvalue weighted by atomic mass is 32.1. The third kappa shape index (κ3) is 3.64. The van der Waals surface area contributed by atoms with Gasteiger partial charge in [-0.25, -0.2) is 4.79 Å². The number of para-hydroxylation sites is 2. The Balaban J connectivity index is 2.13. The zero-order chi connectivity index (χ0) is 24.4. The normalized spacial score (nSPS) is 15.5. The van der Waals surface area contributed by atoms with Gasteiger partial charge in [-0.2, -0.15) is 5.26 Å². The number of hydrogen-bond acceptors (Lipinski definition) is 8. The number of rotatable bonds is 5. The minimum atomic E-state index is -0.870. The Morgan fingerprint density at radius 3 is 2.38 bits per heavy atom. The Morgan fingerprint density at radius 1 is 1.09 bits per heavy atom. The minimum Gasteiger partial charge on any atom is -0.496 e. The highest BCUT2D eigenvalue weighted by Crippen LogP contribution is 2.40. The molecule has 3 aromatic rings. The van der Waals surface area contributed by atoms with E-state index in [4.69, 9.17) is 19.9 Å². The monoisotopic (exact) mass is 475 g/mol. The smallest absolute Gasteiger partial charge is 0.337 e. The van der Waals surface area contributed by atoms with Gasteiger partial charge in [0.25, 0.3) is 5.56 Å². The zero-order valence-corrected chi connectivity index (χ0v) is 19.5. The van der Waals surface area contributed by atoms with Gasteiger partial charge in [-0.1, -0.05) is 36.4 Å². The number of benzene rings is 2. The molecule has 1 aliphatic heterocycles. The summed E-state index contributed by atoms with van der Waals surface area (Å²) in [5.41, 5.74) is 7.36. The van der Waals surface area contributed by atoms with Crippen LogP contribution in [0.1, 0.15) is 17.0 Å². The molecule has 8 nitrogen and oxygen atoms in total. The number of carbonyl (C=O) groups excluding carboxylic acids is 1. The second kappa shape index (κ2) is 9.29. The van der Waals surface area contributed by atoms with E-state index in [2.05, 4.69) is 6.07 Å². The molecule has 0 saturated heterocycles. The van der Waals surface area contributed by atoms with Crippen LogP contribution in [0.5, 0.6) is 11.5 Å². The van der Waals surface area contributed by atoms with Crippen LogP contribution in [0.3, 0.4) is 0 Å². The van der Waals surface area contributed by atoms with E-state index in [0.29, 0.717) is 31.8 Å². The van der Waals surface area contributed by atoms with E-state index < -0.39 is 17.4 Å². The summed E-state index contributed by atoms with van der Waals surface area (Å²) in [6, 6.07) is 16.4. The molecule has 0 bridgehead atoms. The molecule has 0 saturated carbocycles. The van der Waals surface area contributed by atoms with Crippen molar-refractivity contribution in [2.45, 2.75) is 5.92 Å². The van der Waals surface area contributed by atoms with Crippen LogP contribution in [-0.4, -0.2) is 31.9 Å². The first-order chi connectivity index (χ1) is 16.5. The van der Waals surface area contributed by atoms with Crippen LogP contribution in [0.2, 0.25) is 0 Å². The summed E-state index contributed by atoms with van der Waals surface area (Å²) in [6.45, 7) is 0. The van der Waals surface area contributed by atoms with E-state index in [1.807, 2.05) is 18.2 Å². The molecular weight excluding hydrogens is 454 g/mol. The topological polar surface area (TPSA) is 117 Å². The number of nitriles is 1. The molecule has 34 heavy (non-hydrogen) atoms. The van der Waals surface area contributed by atoms with Crippen molar-refractivity contribution in [3.8, 4) is 17.6 Å². The first kappa shape index (κ1) is 22.9. The van der Waals surface area contributed by atoms with Gasteiger partial charge in [0.2, 0.25) is 0 Å². The van der Waals surface area contributed by atoms with Crippen LogP contribution >= 0.6 is 11.3 Å². The molecule has 4 rings (SSSR count). The lowest BCUT2D eigenvalue weighted by Gasteiger charge is -2.25. The Kier molecular flexibility index (Phi) is 6.25. The number of ether oxygens (including phenoxy) is 3. The highest BCUT2D eigenvalue weighted by Gasteiger charge is 2.37. The summed E-state index contributed by atoms with van der Waals surface area (Å²) in [6.07, 6.45) is 1.67. The van der Waals surface area contributed by atoms with Crippen molar-refractivity contribution in [2.75, 3.05) is 21.3 Å². The Bertz CT molecular complexity index is 1540. The maximum absolute atomic E-state index is 13.4. The second-order valence-electron chi connectivity index (χ2n) is 7.29. The summed E-state index contributed by atoms with van der Waals surface area (Å²) < 4.78 is 17.8. The van der Waals surface area contributed by atoms with Crippen molar-refractivity contribution in [3.05, 3.63) is 84.8 Å². The van der Waals surface area contributed by atoms with Crippen LogP contribution in [-0.2, 0) is 9.53 Å². The Morgan fingerprint density at radius 2 is 1.74 bits per heavy atom. The second-order valence-corrected chi connectivity index (χ2v) is 8.32. The molecule has 1 aliphatic rings. The van der Waals surface area contributed by atoms with Crippen molar-refractivity contribution in [3.63, 3.8) is 0 Å². The molecule has 1 atom stereocenters. The maximum Gasteiger partial charge on any atom is 0.337 e. The molecule has 0 radical (unpaired) electrons. The van der Waals surface area contributed by atoms with E-state index >= 15 is 0 Å². The summed E-state index contributed by atoms with van der Waals surface area (Å²) in [5, 5.41) is 10.0. The standard InChI is InChI=1S/C25H21N3O5S/c1-31-17-10-6-4-8-14(17)12-19-23(29)28-22(27)16(13-26)20(15-9-5-7-11-18(15)32-2)21(24(28)34-19)25(30)33-3/h4-12,20H,27H2,1-3H3/b19-12-/t20-/m0/s1. The predicted molar refractivity (Wildman–Crippen MR) is 129 cm³/mol. The first-order valence-corrected chi connectivity index (χ1v) is 11.0. The van der Waals surface area contributed by atoms with Crippen LogP contribution in [0.25, 0.3) is 17.5 Å². The number of nitrogens with two attached hydrogens (primary N) is 1. The summed E-state index contributed by atoms with van der Waals surface area (Å²) >= 11 is 1.09. The summed E-state index contributed by atoms with van der Waals surface area (Å²) in [4.78, 5) is 26.4. The van der Waals surface area contributed by atoms with Crippen molar-refractivity contribution < 1.29 is 19.0 Å². The average Bonchev–Trinajstić information content (AvgIpc) is 3.19. The SMILES string of the molecule is COC(=O)C1=c2s/c(=C\c3ccccc3OC)c(=O)n2C(N)=C(C#N)[C@@H]1c1ccccc1OC. The first-order valence-electron chi connectivity index (χ1n) is 10.2. The van der Waals surface area contributed by atoms with Gasteiger partial charge < -0.3 is 19.9 Å². The van der Waals surface area contributed by atoms with Crippen molar-refractivity contribution >= 4 is 34.8 Å². The van der Waals surface area contributed by atoms with Gasteiger partial charge in [-0.15, -0.1) is 11.3 Å². The van der Waals surface area contributed by atoms with E-state index in [1.165, 1.54) is 18.8 Å². The number of nitrogens with zero attached hydrogens (tertiary/aromatic N) is 2. The number of fused-ring (bicyclic) bond motifs is 1.